The lowest BCUT2D eigenvalue weighted by molar-refractivity contribution is -0.146. The van der Waals surface area contributed by atoms with Crippen LogP contribution in [0.3, 0.4) is 0 Å². The van der Waals surface area contributed by atoms with Crippen LogP contribution in [-0.4, -0.2) is 34.8 Å². The van der Waals surface area contributed by atoms with Crippen molar-refractivity contribution in [2.24, 2.45) is 4.99 Å². The first-order chi connectivity index (χ1) is 8.26. The number of aromatic nitrogens is 2. The van der Waals surface area contributed by atoms with Crippen molar-refractivity contribution >= 4 is 12.4 Å². The molecule has 1 aliphatic rings. The van der Waals surface area contributed by atoms with Gasteiger partial charge in [-0.25, -0.2) is 9.79 Å². The minimum absolute atomic E-state index is 0.339. The Morgan fingerprint density at radius 2 is 2.41 bits per heavy atom. The van der Waals surface area contributed by atoms with Gasteiger partial charge in [0.1, 0.15) is 0 Å². The third-order valence-corrected chi connectivity index (χ3v) is 2.55. The summed E-state index contributed by atoms with van der Waals surface area (Å²) in [6, 6.07) is -0.621. The number of ether oxygens (including phenoxy) is 2. The van der Waals surface area contributed by atoms with E-state index in [0.29, 0.717) is 6.61 Å². The van der Waals surface area contributed by atoms with E-state index in [1.807, 2.05) is 13.1 Å². The number of aryl methyl sites for hydroxylation is 1. The van der Waals surface area contributed by atoms with Crippen molar-refractivity contribution < 1.29 is 14.3 Å². The van der Waals surface area contributed by atoms with Gasteiger partial charge in [0.2, 0.25) is 0 Å². The maximum atomic E-state index is 11.7. The van der Waals surface area contributed by atoms with Crippen molar-refractivity contribution in [1.29, 1.82) is 0 Å². The molecule has 0 saturated heterocycles. The van der Waals surface area contributed by atoms with Crippen LogP contribution in [0.15, 0.2) is 17.4 Å². The molecule has 6 nitrogen and oxygen atoms in total. The molecular formula is C11H15N3O3. The van der Waals surface area contributed by atoms with Gasteiger partial charge in [-0.15, -0.1) is 0 Å². The molecule has 2 atom stereocenters. The summed E-state index contributed by atoms with van der Waals surface area (Å²) in [6.07, 6.45) is 4.42. The molecule has 0 saturated carbocycles. The molecule has 92 valence electrons. The highest BCUT2D eigenvalue weighted by Crippen LogP contribution is 2.27. The average Bonchev–Trinajstić information content (AvgIpc) is 2.97. The molecule has 1 aromatic rings. The highest BCUT2D eigenvalue weighted by Gasteiger charge is 2.35. The lowest BCUT2D eigenvalue weighted by Gasteiger charge is -2.14. The van der Waals surface area contributed by atoms with Gasteiger partial charge in [0.25, 0.3) is 0 Å². The molecule has 0 fully saturated rings. The van der Waals surface area contributed by atoms with Crippen molar-refractivity contribution in [2.45, 2.75) is 32.5 Å². The van der Waals surface area contributed by atoms with Crippen LogP contribution in [0.25, 0.3) is 0 Å². The van der Waals surface area contributed by atoms with Crippen LogP contribution in [0.2, 0.25) is 0 Å². The largest absolute Gasteiger partial charge is 0.473 e. The van der Waals surface area contributed by atoms with Crippen LogP contribution < -0.4 is 0 Å². The summed E-state index contributed by atoms with van der Waals surface area (Å²) >= 11 is 0. The molecule has 0 N–H and O–H groups in total. The summed E-state index contributed by atoms with van der Waals surface area (Å²) in [4.78, 5) is 15.7. The summed E-state index contributed by atoms with van der Waals surface area (Å²) in [5, 5.41) is 4.15. The fraction of sp³-hybridized carbons (Fsp3) is 0.545. The molecule has 1 aliphatic heterocycles. The predicted octanol–water partition coefficient (Wildman–Crippen LogP) is 0.934. The zero-order valence-electron chi connectivity index (χ0n) is 9.87. The first-order valence-corrected chi connectivity index (χ1v) is 5.62. The molecule has 2 unspecified atom stereocenters. The normalized spacial score (nSPS) is 22.5. The van der Waals surface area contributed by atoms with Gasteiger partial charge in [-0.2, -0.15) is 5.10 Å². The maximum absolute atomic E-state index is 11.7. The summed E-state index contributed by atoms with van der Waals surface area (Å²) in [7, 11) is 0. The molecule has 17 heavy (non-hydrogen) atoms. The lowest BCUT2D eigenvalue weighted by atomic mass is 10.1. The van der Waals surface area contributed by atoms with Crippen LogP contribution >= 0.6 is 0 Å². The molecule has 0 radical (unpaired) electrons. The van der Waals surface area contributed by atoms with Crippen molar-refractivity contribution in [3.05, 3.63) is 18.0 Å². The third kappa shape index (κ3) is 2.30. The van der Waals surface area contributed by atoms with E-state index in [1.165, 1.54) is 6.40 Å². The van der Waals surface area contributed by atoms with Crippen molar-refractivity contribution in [3.63, 3.8) is 0 Å². The van der Waals surface area contributed by atoms with E-state index in [2.05, 4.69) is 10.1 Å². The number of hydrogen-bond acceptors (Lipinski definition) is 5. The summed E-state index contributed by atoms with van der Waals surface area (Å²) in [5.74, 6) is -0.365. The summed E-state index contributed by atoms with van der Waals surface area (Å²) in [6.45, 7) is 4.87. The van der Waals surface area contributed by atoms with E-state index in [9.17, 15) is 4.79 Å². The van der Waals surface area contributed by atoms with Crippen LogP contribution in [0.5, 0.6) is 0 Å². The molecule has 0 spiro atoms. The first kappa shape index (κ1) is 11.6. The molecule has 0 amide bonds. The minimum atomic E-state index is -0.621. The molecular weight excluding hydrogens is 222 g/mol. The van der Waals surface area contributed by atoms with Crippen LogP contribution in [-0.2, 0) is 20.8 Å². The second kappa shape index (κ2) is 4.99. The summed E-state index contributed by atoms with van der Waals surface area (Å²) in [5.41, 5.74) is 0.836. The van der Waals surface area contributed by atoms with Gasteiger partial charge in [-0.1, -0.05) is 0 Å². The van der Waals surface area contributed by atoms with E-state index < -0.39 is 12.1 Å². The Labute approximate surface area is 99.2 Å². The molecule has 0 aliphatic carbocycles. The van der Waals surface area contributed by atoms with Crippen molar-refractivity contribution in [2.75, 3.05) is 6.61 Å². The molecule has 0 aromatic carbocycles. The molecule has 6 heteroatoms. The van der Waals surface area contributed by atoms with Gasteiger partial charge in [-0.05, 0) is 13.8 Å². The Morgan fingerprint density at radius 1 is 1.59 bits per heavy atom. The Morgan fingerprint density at radius 3 is 3.06 bits per heavy atom. The van der Waals surface area contributed by atoms with Crippen molar-refractivity contribution in [3.8, 4) is 0 Å². The van der Waals surface area contributed by atoms with E-state index in [-0.39, 0.29) is 5.97 Å². The minimum Gasteiger partial charge on any atom is -0.473 e. The fourth-order valence-electron chi connectivity index (χ4n) is 1.69. The van der Waals surface area contributed by atoms with E-state index >= 15 is 0 Å². The highest BCUT2D eigenvalue weighted by molar-refractivity contribution is 5.80. The van der Waals surface area contributed by atoms with Gasteiger partial charge >= 0.3 is 5.97 Å². The van der Waals surface area contributed by atoms with E-state index in [0.717, 1.165) is 12.1 Å². The van der Waals surface area contributed by atoms with Crippen molar-refractivity contribution in [1.82, 2.24) is 9.78 Å². The average molecular weight is 237 g/mol. The topological polar surface area (TPSA) is 65.7 Å². The zero-order valence-corrected chi connectivity index (χ0v) is 9.87. The van der Waals surface area contributed by atoms with E-state index in [4.69, 9.17) is 9.47 Å². The Kier molecular flexibility index (Phi) is 3.41. The Balaban J connectivity index is 2.12. The van der Waals surface area contributed by atoms with Gasteiger partial charge in [0.15, 0.2) is 18.5 Å². The number of carbonyl (C=O) groups is 1. The number of hydrogen-bond donors (Lipinski definition) is 0. The number of nitrogens with zero attached hydrogens (tertiary/aromatic N) is 3. The number of esters is 1. The first-order valence-electron chi connectivity index (χ1n) is 5.62. The predicted molar refractivity (Wildman–Crippen MR) is 60.6 cm³/mol. The van der Waals surface area contributed by atoms with Crippen LogP contribution in [0.1, 0.15) is 25.5 Å². The monoisotopic (exact) mass is 237 g/mol. The standard InChI is InChI=1S/C11H15N3O3/c1-3-14-6-8(5-13-14)10-9(12-7-17-10)11(15)16-4-2/h5-7,9-10H,3-4H2,1-2H3. The van der Waals surface area contributed by atoms with Gasteiger partial charge in [0, 0.05) is 18.3 Å². The fourth-order valence-corrected chi connectivity index (χ4v) is 1.69. The van der Waals surface area contributed by atoms with Gasteiger partial charge in [0.05, 0.1) is 12.8 Å². The SMILES string of the molecule is CCOC(=O)C1N=COC1c1cnn(CC)c1. The number of carbonyl (C=O) groups excluding carboxylic acids is 1. The molecule has 2 heterocycles. The van der Waals surface area contributed by atoms with Gasteiger partial charge in [-0.3, -0.25) is 4.68 Å². The highest BCUT2D eigenvalue weighted by atomic mass is 16.5. The van der Waals surface area contributed by atoms with Crippen LogP contribution in [0, 0.1) is 0 Å². The summed E-state index contributed by atoms with van der Waals surface area (Å²) < 4.78 is 12.1. The number of aliphatic imine (C=N–C) groups is 1. The molecule has 1 aromatic heterocycles. The lowest BCUT2D eigenvalue weighted by Crippen LogP contribution is -2.26. The van der Waals surface area contributed by atoms with Gasteiger partial charge < -0.3 is 9.47 Å². The second-order valence-corrected chi connectivity index (χ2v) is 3.64. The van der Waals surface area contributed by atoms with E-state index in [1.54, 1.807) is 17.8 Å². The third-order valence-electron chi connectivity index (χ3n) is 2.55. The molecule has 2 rings (SSSR count). The number of rotatable bonds is 4. The second-order valence-electron chi connectivity index (χ2n) is 3.64. The maximum Gasteiger partial charge on any atom is 0.335 e. The van der Waals surface area contributed by atoms with Crippen LogP contribution in [0.4, 0.5) is 0 Å². The Bertz CT molecular complexity index is 427. The molecule has 0 bridgehead atoms. The Hall–Kier alpha value is -1.85. The smallest absolute Gasteiger partial charge is 0.335 e. The quantitative estimate of drug-likeness (QED) is 0.731. The zero-order chi connectivity index (χ0) is 12.3.